The van der Waals surface area contributed by atoms with E-state index in [1.54, 1.807) is 78.8 Å². The zero-order valence-corrected chi connectivity index (χ0v) is 62.9. The number of carbonyl (C=O) groups excluding carboxylic acids is 13. The Balaban J connectivity index is 0.00000426. The number of carbonyl (C=O) groups is 14. The molecule has 14 atom stereocenters. The number of cyclic esters (lactones) is 1. The number of aliphatic hydroxyl groups excluding tert-OH is 4. The number of hydrogen-bond acceptors (Lipinski definition) is 22. The number of nitrogens with two attached hydrogens (primary N) is 3. The van der Waals surface area contributed by atoms with Gasteiger partial charge in [-0.1, -0.05) is 128 Å². The second kappa shape index (κ2) is 44.4. The Labute approximate surface area is 633 Å². The first-order chi connectivity index (χ1) is 51.4. The van der Waals surface area contributed by atoms with Crippen LogP contribution in [-0.2, 0) is 83.1 Å². The van der Waals surface area contributed by atoms with Crippen LogP contribution >= 0.6 is 0 Å². The SMILES string of the molecule is CC[C@H](C)C1NC(=O)[C@@H](CCCN=C(N)N)NC(=O)[C@H](CC(C)C)NC(=O)[C@H]([C@H](O)C(C)C)NC(=O)[C@@H](NC(=O)C2(NC(=O)[C@@H](COC(C)(C)C)NC(=O)OCc3ccccc3)CCCCC2)[C@@H](c2ccccc2)OC(=O)[C@H](CO)NC(=O)[C@H]([C@H](O)C(N)=O)NC(=O)CNC(=O)C([C@H](C)O)NC1=O.O=C(O)C(F)(F)F. The molecule has 12 amide bonds. The van der Waals surface area contributed by atoms with Gasteiger partial charge in [0.15, 0.2) is 24.2 Å². The number of alkyl halides is 3. The number of rotatable bonds is 24. The summed E-state index contributed by atoms with van der Waals surface area (Å²) in [5.41, 5.74) is 14.2. The number of halogens is 3. The van der Waals surface area contributed by atoms with Crippen LogP contribution in [0.5, 0.6) is 0 Å². The van der Waals surface area contributed by atoms with E-state index < -0.39 is 217 Å². The van der Waals surface area contributed by atoms with Crippen molar-refractivity contribution < 1.29 is 120 Å². The van der Waals surface area contributed by atoms with Gasteiger partial charge in [-0.3, -0.25) is 57.7 Å². The van der Waals surface area contributed by atoms with Crippen molar-refractivity contribution in [3.8, 4) is 0 Å². The van der Waals surface area contributed by atoms with Crippen molar-refractivity contribution in [1.29, 1.82) is 0 Å². The van der Waals surface area contributed by atoms with Crippen molar-refractivity contribution in [1.82, 2.24) is 58.5 Å². The Kier molecular flexibility index (Phi) is 37.9. The quantitative estimate of drug-likeness (QED) is 0.0219. The number of amides is 12. The van der Waals surface area contributed by atoms with E-state index in [1.165, 1.54) is 44.2 Å². The third kappa shape index (κ3) is 31.0. The highest BCUT2D eigenvalue weighted by Gasteiger charge is 2.48. The molecule has 1 aliphatic heterocycles. The van der Waals surface area contributed by atoms with E-state index in [-0.39, 0.29) is 76.0 Å². The lowest BCUT2D eigenvalue weighted by Gasteiger charge is -2.40. The predicted molar refractivity (Wildman–Crippen MR) is 384 cm³/mol. The summed E-state index contributed by atoms with van der Waals surface area (Å²) >= 11 is 0. The van der Waals surface area contributed by atoms with Gasteiger partial charge >= 0.3 is 24.2 Å². The number of nitrogens with zero attached hydrogens (tertiary/aromatic N) is 1. The number of esters is 1. The van der Waals surface area contributed by atoms with Crippen molar-refractivity contribution in [3.63, 3.8) is 0 Å². The molecule has 2 aliphatic rings. The fourth-order valence-corrected chi connectivity index (χ4v) is 11.0. The van der Waals surface area contributed by atoms with E-state index in [9.17, 15) is 81.5 Å². The number of aliphatic carboxylic acids is 1. The van der Waals surface area contributed by atoms with Gasteiger partial charge in [-0.2, -0.15) is 13.2 Å². The Morgan fingerprint density at radius 3 is 1.75 bits per heavy atom. The zero-order valence-electron chi connectivity index (χ0n) is 62.9. The summed E-state index contributed by atoms with van der Waals surface area (Å²) in [5, 5.41) is 78.6. The van der Waals surface area contributed by atoms with Crippen LogP contribution in [0.15, 0.2) is 65.7 Å². The predicted octanol–water partition coefficient (Wildman–Crippen LogP) is -2.78. The summed E-state index contributed by atoms with van der Waals surface area (Å²) in [6, 6.07) is -1.51. The third-order valence-electron chi connectivity index (χ3n) is 17.3. The van der Waals surface area contributed by atoms with E-state index in [4.69, 9.17) is 41.3 Å². The maximum atomic E-state index is 15.8. The molecule has 1 saturated carbocycles. The van der Waals surface area contributed by atoms with Gasteiger partial charge < -0.3 is 115 Å². The van der Waals surface area contributed by atoms with E-state index >= 15 is 14.4 Å². The first-order valence-electron chi connectivity index (χ1n) is 35.6. The van der Waals surface area contributed by atoms with Crippen LogP contribution in [0.3, 0.4) is 0 Å². The van der Waals surface area contributed by atoms with Gasteiger partial charge in [0.2, 0.25) is 65.0 Å². The van der Waals surface area contributed by atoms with Crippen molar-refractivity contribution in [2.75, 3.05) is 26.3 Å². The molecule has 37 nitrogen and oxygen atoms in total. The maximum absolute atomic E-state index is 15.8. The minimum absolute atomic E-state index is 0.0262. The average Bonchev–Trinajstić information content (AvgIpc) is 0.787. The highest BCUT2D eigenvalue weighted by Crippen LogP contribution is 2.31. The number of aliphatic hydroxyl groups is 4. The van der Waals surface area contributed by atoms with Crippen molar-refractivity contribution in [2.45, 2.75) is 230 Å². The van der Waals surface area contributed by atoms with Gasteiger partial charge in [-0.05, 0) is 88.7 Å². The van der Waals surface area contributed by atoms with E-state index in [0.717, 1.165) is 6.92 Å². The van der Waals surface area contributed by atoms with Crippen molar-refractivity contribution in [2.24, 2.45) is 39.9 Å². The Morgan fingerprint density at radius 1 is 0.691 bits per heavy atom. The van der Waals surface area contributed by atoms with Gasteiger partial charge in [0, 0.05) is 6.54 Å². The molecule has 614 valence electrons. The summed E-state index contributed by atoms with van der Waals surface area (Å²) in [6.45, 7) is 12.6. The van der Waals surface area contributed by atoms with E-state index in [1.807, 2.05) is 10.6 Å². The number of aliphatic imine (C=N–C) groups is 1. The topological polar surface area (TPSA) is 591 Å². The molecule has 2 aromatic carbocycles. The number of primary amides is 1. The second-order valence-corrected chi connectivity index (χ2v) is 28.2. The summed E-state index contributed by atoms with van der Waals surface area (Å²) < 4.78 is 49.2. The molecule has 110 heavy (non-hydrogen) atoms. The fourth-order valence-electron chi connectivity index (χ4n) is 11.0. The highest BCUT2D eigenvalue weighted by atomic mass is 19.4. The van der Waals surface area contributed by atoms with Crippen LogP contribution < -0.4 is 75.7 Å². The number of carboxylic acids is 1. The maximum Gasteiger partial charge on any atom is 0.490 e. The largest absolute Gasteiger partial charge is 0.490 e. The molecule has 2 fully saturated rings. The van der Waals surface area contributed by atoms with Gasteiger partial charge in [-0.15, -0.1) is 0 Å². The highest BCUT2D eigenvalue weighted by molar-refractivity contribution is 6.01. The summed E-state index contributed by atoms with van der Waals surface area (Å²) in [7, 11) is 0. The first-order valence-corrected chi connectivity index (χ1v) is 35.6. The van der Waals surface area contributed by atoms with Crippen LogP contribution in [0.4, 0.5) is 18.0 Å². The van der Waals surface area contributed by atoms with Crippen LogP contribution in [0.1, 0.15) is 144 Å². The summed E-state index contributed by atoms with van der Waals surface area (Å²) in [6.07, 6.45) is -13.7. The molecule has 22 N–H and O–H groups in total. The van der Waals surface area contributed by atoms with Crippen LogP contribution in [0.25, 0.3) is 0 Å². The Morgan fingerprint density at radius 2 is 1.23 bits per heavy atom. The molecule has 1 aliphatic carbocycles. The van der Waals surface area contributed by atoms with E-state index in [2.05, 4.69) is 52.8 Å². The van der Waals surface area contributed by atoms with Gasteiger partial charge in [0.05, 0.1) is 37.6 Å². The molecular weight excluding hydrogens is 1460 g/mol. The molecule has 2 unspecified atom stereocenters. The second-order valence-electron chi connectivity index (χ2n) is 28.2. The van der Waals surface area contributed by atoms with Crippen LogP contribution in [0, 0.1) is 17.8 Å². The lowest BCUT2D eigenvalue weighted by Crippen LogP contribution is -2.67. The molecule has 40 heteroatoms. The van der Waals surface area contributed by atoms with Crippen molar-refractivity contribution in [3.05, 3.63) is 71.8 Å². The minimum Gasteiger partial charge on any atom is -0.475 e. The van der Waals surface area contributed by atoms with Crippen LogP contribution in [0.2, 0.25) is 0 Å². The number of benzene rings is 2. The molecule has 4 rings (SSSR count). The summed E-state index contributed by atoms with van der Waals surface area (Å²) in [4.78, 5) is 200. The smallest absolute Gasteiger partial charge is 0.475 e. The Bertz CT molecular complexity index is 3490. The Hall–Kier alpha value is -10.3. The van der Waals surface area contributed by atoms with Crippen LogP contribution in [-0.4, -0.2) is 231 Å². The molecule has 2 aromatic rings. The van der Waals surface area contributed by atoms with Gasteiger partial charge in [-0.25, -0.2) is 14.4 Å². The standard InChI is InChI=1S/C68H105N15O20.C2HF3O2/c1-11-37(6)46-59(94)80-47(38(7)85)58(93)73-31-45(86)78-49(52(88)54(69)89)61(96)76-43(32-84)63(98)103-53(40-24-17-13-18-25-40)50(62(97)81-48(51(87)36(4)5)60(95)75-42(30-35(2)3)56(91)74-41(55(90)79-46)26-21-29-72-65(70)71)82-64(99)68(27-19-14-20-28-68)83-57(92)44(34-102-67(8,9)10)77-66(100)101-33-39-22-15-12-16-23-39;3-2(4,5)1(6)7/h12-13,15-18,22-25,35-38,41-44,46-53,84-85,87-88H,11,14,19-21,26-34H2,1-10H3,(H2,69,89)(H,73,93)(H,74,91)(H,75,95)(H,76,96)(H,77,100)(H,78,86)(H,79,90)(H,80,94)(H,81,97)(H,82,99)(H,83,92)(H4,70,71,72);(H,6,7)/t37-,38-,41+,42-,43-,44+,46?,47?,48-,49-,50-,51+,52-,53+;/m0./s1. The number of alkyl carbamates (subject to hydrolysis) is 1. The molecule has 0 bridgehead atoms. The number of hydrogen-bond donors (Lipinski definition) is 19. The zero-order chi connectivity index (χ0) is 83.1. The van der Waals surface area contributed by atoms with E-state index in [0.29, 0.717) is 12.0 Å². The average molecular weight is 1570 g/mol. The normalized spacial score (nSPS) is 23.3. The lowest BCUT2D eigenvalue weighted by molar-refractivity contribution is -0.192. The molecular formula is C70H106F3N15O22. The number of carboxylic acid groups (broad SMARTS) is 1. The number of guanidine groups is 1. The summed E-state index contributed by atoms with van der Waals surface area (Å²) in [5.74, 6) is -20.2. The monoisotopic (exact) mass is 1570 g/mol. The minimum atomic E-state index is -5.08. The number of ether oxygens (including phenoxy) is 3. The molecule has 1 heterocycles. The van der Waals surface area contributed by atoms with Crippen molar-refractivity contribution >= 4 is 89.0 Å². The van der Waals surface area contributed by atoms with Gasteiger partial charge in [0.25, 0.3) is 0 Å². The molecule has 0 radical (unpaired) electrons. The van der Waals surface area contributed by atoms with Gasteiger partial charge in [0.1, 0.15) is 60.5 Å². The lowest BCUT2D eigenvalue weighted by atomic mass is 9.80. The fraction of sp³-hybridized carbons (Fsp3) is 0.614. The first kappa shape index (κ1) is 93.9. The molecule has 1 saturated heterocycles. The third-order valence-corrected chi connectivity index (χ3v) is 17.3. The molecule has 0 spiro atoms. The molecule has 0 aromatic heterocycles. The number of nitrogens with one attached hydrogen (secondary N) is 11.